The number of aromatic nitrogens is 1. The molecule has 2 heterocycles. The van der Waals surface area contributed by atoms with Crippen molar-refractivity contribution in [1.82, 2.24) is 4.98 Å². The molecule has 0 atom stereocenters. The molecule has 0 aliphatic heterocycles. The molecule has 138 valence electrons. The molecule has 0 unspecified atom stereocenters. The predicted octanol–water partition coefficient (Wildman–Crippen LogP) is 5.19. The number of anilines is 1. The lowest BCUT2D eigenvalue weighted by molar-refractivity contribution is 0.102. The van der Waals surface area contributed by atoms with Crippen LogP contribution in [0.1, 0.15) is 31.4 Å². The summed E-state index contributed by atoms with van der Waals surface area (Å²) >= 11 is 1.17. The molecule has 6 heteroatoms. The van der Waals surface area contributed by atoms with Gasteiger partial charge in [0.05, 0.1) is 17.5 Å². The summed E-state index contributed by atoms with van der Waals surface area (Å²) in [7, 11) is 0. The molecule has 2 aromatic carbocycles. The van der Waals surface area contributed by atoms with Crippen molar-refractivity contribution in [2.45, 2.75) is 6.92 Å². The minimum Gasteiger partial charge on any atom is -0.469 e. The van der Waals surface area contributed by atoms with E-state index in [4.69, 9.17) is 4.42 Å². The van der Waals surface area contributed by atoms with Gasteiger partial charge in [0.2, 0.25) is 5.78 Å². The lowest BCUT2D eigenvalue weighted by Gasteiger charge is -2.02. The number of carbonyl (C=O) groups is 2. The van der Waals surface area contributed by atoms with Crippen LogP contribution < -0.4 is 5.32 Å². The molecule has 0 saturated heterocycles. The molecule has 0 aliphatic carbocycles. The van der Waals surface area contributed by atoms with Crippen molar-refractivity contribution in [3.05, 3.63) is 94.8 Å². The van der Waals surface area contributed by atoms with Crippen molar-refractivity contribution in [3.63, 3.8) is 0 Å². The van der Waals surface area contributed by atoms with Crippen LogP contribution in [0, 0.1) is 6.92 Å². The fourth-order valence-electron chi connectivity index (χ4n) is 2.82. The van der Waals surface area contributed by atoms with Crippen LogP contribution >= 0.6 is 11.3 Å². The highest BCUT2D eigenvalue weighted by Gasteiger charge is 2.22. The van der Waals surface area contributed by atoms with Gasteiger partial charge in [-0.3, -0.25) is 14.9 Å². The zero-order chi connectivity index (χ0) is 19.5. The summed E-state index contributed by atoms with van der Waals surface area (Å²) in [6.45, 7) is 1.72. The Morgan fingerprint density at radius 3 is 2.29 bits per heavy atom. The second-order valence-corrected chi connectivity index (χ2v) is 7.10. The minimum atomic E-state index is -0.321. The Morgan fingerprint density at radius 2 is 1.64 bits per heavy atom. The zero-order valence-corrected chi connectivity index (χ0v) is 15.8. The fourth-order valence-corrected chi connectivity index (χ4v) is 3.77. The number of nitrogens with one attached hydrogen (secondary N) is 1. The first-order valence-corrected chi connectivity index (χ1v) is 9.46. The number of hydrogen-bond acceptors (Lipinski definition) is 5. The Morgan fingerprint density at radius 1 is 0.964 bits per heavy atom. The van der Waals surface area contributed by atoms with Crippen molar-refractivity contribution >= 4 is 28.2 Å². The summed E-state index contributed by atoms with van der Waals surface area (Å²) in [4.78, 5) is 30.6. The summed E-state index contributed by atoms with van der Waals surface area (Å²) < 4.78 is 5.19. The quantitative estimate of drug-likeness (QED) is 0.477. The number of aryl methyl sites for hydroxylation is 1. The summed E-state index contributed by atoms with van der Waals surface area (Å²) in [5, 5.41) is 3.14. The number of hydrogen-bond donors (Lipinski definition) is 1. The Bertz CT molecular complexity index is 1130. The Hall–Kier alpha value is -3.51. The third-order valence-electron chi connectivity index (χ3n) is 4.24. The van der Waals surface area contributed by atoms with E-state index in [1.165, 1.54) is 17.6 Å². The van der Waals surface area contributed by atoms with Gasteiger partial charge in [-0.1, -0.05) is 72.0 Å². The van der Waals surface area contributed by atoms with Gasteiger partial charge >= 0.3 is 0 Å². The zero-order valence-electron chi connectivity index (χ0n) is 15.0. The molecule has 0 bridgehead atoms. The van der Waals surface area contributed by atoms with E-state index in [0.29, 0.717) is 32.6 Å². The number of thiazole rings is 1. The predicted molar refractivity (Wildman–Crippen MR) is 109 cm³/mol. The Kier molecular flexibility index (Phi) is 4.87. The molecule has 5 nitrogen and oxygen atoms in total. The second kappa shape index (κ2) is 7.62. The number of benzene rings is 2. The Balaban J connectivity index is 1.73. The van der Waals surface area contributed by atoms with E-state index in [1.54, 1.807) is 25.1 Å². The average molecular weight is 388 g/mol. The Labute approximate surface area is 165 Å². The van der Waals surface area contributed by atoms with Crippen molar-refractivity contribution in [1.29, 1.82) is 0 Å². The first-order valence-electron chi connectivity index (χ1n) is 8.65. The highest BCUT2D eigenvalue weighted by Crippen LogP contribution is 2.33. The molecule has 4 rings (SSSR count). The van der Waals surface area contributed by atoms with Crippen LogP contribution in [-0.2, 0) is 0 Å². The molecule has 1 amide bonds. The standard InChI is InChI=1S/C22H16N2O3S/c1-14-17(12-13-27-14)21(26)24-22-23-18(15-8-4-2-5-9-15)20(28-22)19(25)16-10-6-3-7-11-16/h2-13H,1H3,(H,23,24,26). The lowest BCUT2D eigenvalue weighted by Crippen LogP contribution is -2.11. The summed E-state index contributed by atoms with van der Waals surface area (Å²) in [6.07, 6.45) is 1.46. The normalized spacial score (nSPS) is 10.6. The van der Waals surface area contributed by atoms with E-state index in [2.05, 4.69) is 10.3 Å². The van der Waals surface area contributed by atoms with Crippen LogP contribution in [0.4, 0.5) is 5.13 Å². The molecule has 0 aliphatic rings. The molecule has 2 aromatic heterocycles. The maximum Gasteiger partial charge on any atom is 0.260 e. The van der Waals surface area contributed by atoms with Gasteiger partial charge in [0, 0.05) is 11.1 Å². The summed E-state index contributed by atoms with van der Waals surface area (Å²) in [5.41, 5.74) is 2.39. The molecule has 0 saturated carbocycles. The second-order valence-electron chi connectivity index (χ2n) is 6.10. The minimum absolute atomic E-state index is 0.128. The lowest BCUT2D eigenvalue weighted by atomic mass is 10.1. The van der Waals surface area contributed by atoms with Gasteiger partial charge in [0.15, 0.2) is 5.13 Å². The van der Waals surface area contributed by atoms with Gasteiger partial charge in [0.1, 0.15) is 10.6 Å². The number of rotatable bonds is 5. The summed E-state index contributed by atoms with van der Waals surface area (Å²) in [5.74, 6) is 0.0770. The van der Waals surface area contributed by atoms with Crippen LogP contribution in [0.15, 0.2) is 77.4 Å². The topological polar surface area (TPSA) is 72.2 Å². The van der Waals surface area contributed by atoms with Crippen molar-refractivity contribution in [2.75, 3.05) is 5.32 Å². The maximum absolute atomic E-state index is 13.1. The molecule has 0 fully saturated rings. The van der Waals surface area contributed by atoms with Crippen LogP contribution in [0.5, 0.6) is 0 Å². The van der Waals surface area contributed by atoms with E-state index in [1.807, 2.05) is 48.5 Å². The third-order valence-corrected chi connectivity index (χ3v) is 5.21. The van der Waals surface area contributed by atoms with E-state index in [9.17, 15) is 9.59 Å². The van der Waals surface area contributed by atoms with Crippen LogP contribution in [0.3, 0.4) is 0 Å². The van der Waals surface area contributed by atoms with Crippen molar-refractivity contribution in [3.8, 4) is 11.3 Å². The molecule has 0 radical (unpaired) electrons. The van der Waals surface area contributed by atoms with Gasteiger partial charge < -0.3 is 4.42 Å². The molecular formula is C22H16N2O3S. The van der Waals surface area contributed by atoms with Gasteiger partial charge in [-0.05, 0) is 13.0 Å². The summed E-state index contributed by atoms with van der Waals surface area (Å²) in [6, 6.07) is 20.1. The molecular weight excluding hydrogens is 372 g/mol. The number of nitrogens with zero attached hydrogens (tertiary/aromatic N) is 1. The van der Waals surface area contributed by atoms with E-state index < -0.39 is 0 Å². The third kappa shape index (κ3) is 3.50. The highest BCUT2D eigenvalue weighted by molar-refractivity contribution is 7.18. The van der Waals surface area contributed by atoms with Gasteiger partial charge in [-0.15, -0.1) is 0 Å². The first-order chi connectivity index (χ1) is 13.6. The van der Waals surface area contributed by atoms with Crippen LogP contribution in [-0.4, -0.2) is 16.7 Å². The number of furan rings is 1. The van der Waals surface area contributed by atoms with Crippen LogP contribution in [0.25, 0.3) is 11.3 Å². The largest absolute Gasteiger partial charge is 0.469 e. The van der Waals surface area contributed by atoms with E-state index in [-0.39, 0.29) is 11.7 Å². The number of ketones is 1. The van der Waals surface area contributed by atoms with Gasteiger partial charge in [-0.2, -0.15) is 0 Å². The monoisotopic (exact) mass is 388 g/mol. The van der Waals surface area contributed by atoms with Crippen LogP contribution in [0.2, 0.25) is 0 Å². The average Bonchev–Trinajstić information content (AvgIpc) is 3.35. The molecule has 4 aromatic rings. The van der Waals surface area contributed by atoms with Crippen molar-refractivity contribution < 1.29 is 14.0 Å². The first kappa shape index (κ1) is 17.9. The smallest absolute Gasteiger partial charge is 0.260 e. The van der Waals surface area contributed by atoms with E-state index >= 15 is 0 Å². The number of carbonyl (C=O) groups excluding carboxylic acids is 2. The van der Waals surface area contributed by atoms with Gasteiger partial charge in [-0.25, -0.2) is 4.98 Å². The molecule has 28 heavy (non-hydrogen) atoms. The van der Waals surface area contributed by atoms with Gasteiger partial charge in [0.25, 0.3) is 5.91 Å². The SMILES string of the molecule is Cc1occc1C(=O)Nc1nc(-c2ccccc2)c(C(=O)c2ccccc2)s1. The van der Waals surface area contributed by atoms with Crippen molar-refractivity contribution in [2.24, 2.45) is 0 Å². The highest BCUT2D eigenvalue weighted by atomic mass is 32.1. The molecule has 1 N–H and O–H groups in total. The fraction of sp³-hybridized carbons (Fsp3) is 0.0455. The molecule has 0 spiro atoms. The van der Waals surface area contributed by atoms with E-state index in [0.717, 1.165) is 5.56 Å². The maximum atomic E-state index is 13.1. The number of amides is 1.